The highest BCUT2D eigenvalue weighted by molar-refractivity contribution is 7.88. The van der Waals surface area contributed by atoms with Crippen LogP contribution in [-0.2, 0) is 15.8 Å². The molecule has 0 fully saturated rings. The van der Waals surface area contributed by atoms with Crippen molar-refractivity contribution in [1.29, 1.82) is 5.26 Å². The average molecular weight is 279 g/mol. The van der Waals surface area contributed by atoms with Crippen LogP contribution in [0.15, 0.2) is 28.8 Å². The molecule has 0 unspecified atom stereocenters. The van der Waals surface area contributed by atoms with E-state index in [0.29, 0.717) is 16.7 Å². The van der Waals surface area contributed by atoms with E-state index in [9.17, 15) is 8.42 Å². The number of nitriles is 1. The number of para-hydroxylation sites is 1. The second kappa shape index (κ2) is 5.38. The third-order valence-corrected chi connectivity index (χ3v) is 4.58. The highest BCUT2D eigenvalue weighted by Gasteiger charge is 2.23. The summed E-state index contributed by atoms with van der Waals surface area (Å²) in [7, 11) is -3.56. The van der Waals surface area contributed by atoms with Crippen LogP contribution in [0.4, 0.5) is 0 Å². The largest absolute Gasteiger partial charge is 0.356 e. The lowest BCUT2D eigenvalue weighted by Gasteiger charge is -2.15. The maximum Gasteiger partial charge on any atom is 0.220 e. The summed E-state index contributed by atoms with van der Waals surface area (Å²) < 4.78 is 30.5. The smallest absolute Gasteiger partial charge is 0.220 e. The lowest BCUT2D eigenvalue weighted by atomic mass is 10.2. The standard InChI is InChI=1S/C12H13N3O3S/c1-2-15(8-7-13)19(16,17)9-11-10-5-3-4-6-12(10)18-14-11/h3-6H,2,8-9H2,1H3. The zero-order valence-corrected chi connectivity index (χ0v) is 11.2. The molecule has 2 aromatic rings. The fourth-order valence-electron chi connectivity index (χ4n) is 1.79. The van der Waals surface area contributed by atoms with Gasteiger partial charge < -0.3 is 4.52 Å². The molecule has 7 heteroatoms. The Kier molecular flexibility index (Phi) is 3.83. The number of hydrogen-bond acceptors (Lipinski definition) is 5. The van der Waals surface area contributed by atoms with E-state index in [-0.39, 0.29) is 18.8 Å². The lowest BCUT2D eigenvalue weighted by Crippen LogP contribution is -2.32. The fraction of sp³-hybridized carbons (Fsp3) is 0.333. The Balaban J connectivity index is 2.32. The van der Waals surface area contributed by atoms with Gasteiger partial charge in [-0.3, -0.25) is 0 Å². The van der Waals surface area contributed by atoms with Crippen LogP contribution in [0.25, 0.3) is 11.0 Å². The van der Waals surface area contributed by atoms with E-state index >= 15 is 0 Å². The normalized spacial score (nSPS) is 11.8. The van der Waals surface area contributed by atoms with Crippen molar-refractivity contribution in [1.82, 2.24) is 9.46 Å². The molecule has 1 aromatic heterocycles. The molecule has 19 heavy (non-hydrogen) atoms. The van der Waals surface area contributed by atoms with Crippen LogP contribution in [0.3, 0.4) is 0 Å². The minimum atomic E-state index is -3.56. The SMILES string of the molecule is CCN(CC#N)S(=O)(=O)Cc1noc2ccccc12. The molecule has 1 heterocycles. The van der Waals surface area contributed by atoms with Gasteiger partial charge in [0.2, 0.25) is 10.0 Å². The maximum absolute atomic E-state index is 12.2. The van der Waals surface area contributed by atoms with Crippen LogP contribution < -0.4 is 0 Å². The third-order valence-electron chi connectivity index (χ3n) is 2.76. The van der Waals surface area contributed by atoms with Crippen molar-refractivity contribution in [3.63, 3.8) is 0 Å². The first-order chi connectivity index (χ1) is 9.08. The van der Waals surface area contributed by atoms with Gasteiger partial charge in [0.15, 0.2) is 5.58 Å². The van der Waals surface area contributed by atoms with Gasteiger partial charge in [-0.2, -0.15) is 9.57 Å². The molecular formula is C12H13N3O3S. The van der Waals surface area contributed by atoms with Gasteiger partial charge in [-0.1, -0.05) is 24.2 Å². The molecule has 0 atom stereocenters. The van der Waals surface area contributed by atoms with Crippen LogP contribution in [0.2, 0.25) is 0 Å². The molecule has 0 aliphatic heterocycles. The zero-order valence-electron chi connectivity index (χ0n) is 10.4. The summed E-state index contributed by atoms with van der Waals surface area (Å²) >= 11 is 0. The van der Waals surface area contributed by atoms with E-state index in [1.54, 1.807) is 31.2 Å². The van der Waals surface area contributed by atoms with E-state index in [0.717, 1.165) is 4.31 Å². The van der Waals surface area contributed by atoms with Crippen molar-refractivity contribution < 1.29 is 12.9 Å². The van der Waals surface area contributed by atoms with Crippen molar-refractivity contribution in [3.05, 3.63) is 30.0 Å². The molecule has 0 saturated carbocycles. The molecule has 100 valence electrons. The Hall–Kier alpha value is -1.91. The molecule has 0 aliphatic carbocycles. The number of hydrogen-bond donors (Lipinski definition) is 0. The Bertz CT molecular complexity index is 715. The van der Waals surface area contributed by atoms with Gasteiger partial charge in [0, 0.05) is 11.9 Å². The predicted molar refractivity (Wildman–Crippen MR) is 69.5 cm³/mol. The molecule has 2 rings (SSSR count). The highest BCUT2D eigenvalue weighted by atomic mass is 32.2. The minimum Gasteiger partial charge on any atom is -0.356 e. The number of rotatable bonds is 5. The Labute approximate surface area is 111 Å². The fourth-order valence-corrected chi connectivity index (χ4v) is 3.18. The number of aromatic nitrogens is 1. The molecule has 1 aromatic carbocycles. The predicted octanol–water partition coefficient (Wildman–Crippen LogP) is 1.50. The van der Waals surface area contributed by atoms with Crippen LogP contribution in [-0.4, -0.2) is 31.0 Å². The summed E-state index contributed by atoms with van der Waals surface area (Å²) in [6.07, 6.45) is 0. The number of sulfonamides is 1. The third kappa shape index (κ3) is 2.75. The van der Waals surface area contributed by atoms with Crippen LogP contribution in [0.5, 0.6) is 0 Å². The summed E-state index contributed by atoms with van der Waals surface area (Å²) in [5, 5.41) is 13.1. The summed E-state index contributed by atoms with van der Waals surface area (Å²) in [5.41, 5.74) is 0.919. The summed E-state index contributed by atoms with van der Waals surface area (Å²) in [6, 6.07) is 8.92. The molecule has 0 bridgehead atoms. The number of fused-ring (bicyclic) bond motifs is 1. The topological polar surface area (TPSA) is 87.2 Å². The molecule has 0 aliphatic rings. The van der Waals surface area contributed by atoms with Gasteiger partial charge in [-0.05, 0) is 12.1 Å². The van der Waals surface area contributed by atoms with Crippen LogP contribution >= 0.6 is 0 Å². The monoisotopic (exact) mass is 279 g/mol. The van der Waals surface area contributed by atoms with E-state index < -0.39 is 10.0 Å². The Morgan fingerprint density at radius 2 is 2.16 bits per heavy atom. The van der Waals surface area contributed by atoms with E-state index in [1.165, 1.54) is 0 Å². The van der Waals surface area contributed by atoms with Crippen molar-refractivity contribution in [3.8, 4) is 6.07 Å². The molecule has 6 nitrogen and oxygen atoms in total. The average Bonchev–Trinajstić information content (AvgIpc) is 2.79. The molecule has 0 N–H and O–H groups in total. The van der Waals surface area contributed by atoms with E-state index in [1.807, 2.05) is 6.07 Å². The van der Waals surface area contributed by atoms with Gasteiger partial charge in [0.25, 0.3) is 0 Å². The summed E-state index contributed by atoms with van der Waals surface area (Å²) in [5.74, 6) is -0.264. The van der Waals surface area contributed by atoms with E-state index in [2.05, 4.69) is 5.16 Å². The Morgan fingerprint density at radius 1 is 1.42 bits per heavy atom. The number of benzene rings is 1. The summed E-state index contributed by atoms with van der Waals surface area (Å²) in [4.78, 5) is 0. The van der Waals surface area contributed by atoms with Crippen molar-refractivity contribution in [2.75, 3.05) is 13.1 Å². The van der Waals surface area contributed by atoms with Gasteiger partial charge in [-0.25, -0.2) is 8.42 Å². The molecule has 0 spiro atoms. The highest BCUT2D eigenvalue weighted by Crippen LogP contribution is 2.20. The summed E-state index contributed by atoms with van der Waals surface area (Å²) in [6.45, 7) is 1.79. The second-order valence-electron chi connectivity index (χ2n) is 3.97. The van der Waals surface area contributed by atoms with Gasteiger partial charge in [0.1, 0.15) is 18.0 Å². The quantitative estimate of drug-likeness (QED) is 0.774. The molecule has 0 saturated heterocycles. The zero-order chi connectivity index (χ0) is 13.9. The van der Waals surface area contributed by atoms with E-state index in [4.69, 9.17) is 9.78 Å². The second-order valence-corrected chi connectivity index (χ2v) is 5.93. The lowest BCUT2D eigenvalue weighted by molar-refractivity contribution is 0.441. The Morgan fingerprint density at radius 3 is 2.84 bits per heavy atom. The minimum absolute atomic E-state index is 0.158. The van der Waals surface area contributed by atoms with Crippen molar-refractivity contribution in [2.24, 2.45) is 0 Å². The first kappa shape index (κ1) is 13.5. The number of nitrogens with zero attached hydrogens (tertiary/aromatic N) is 3. The molecule has 0 amide bonds. The van der Waals surface area contributed by atoms with Gasteiger partial charge in [-0.15, -0.1) is 0 Å². The van der Waals surface area contributed by atoms with Gasteiger partial charge in [0.05, 0.1) is 6.07 Å². The first-order valence-electron chi connectivity index (χ1n) is 5.76. The van der Waals surface area contributed by atoms with Crippen LogP contribution in [0, 0.1) is 11.3 Å². The molecule has 0 radical (unpaired) electrons. The van der Waals surface area contributed by atoms with Crippen molar-refractivity contribution >= 4 is 21.0 Å². The first-order valence-corrected chi connectivity index (χ1v) is 7.37. The maximum atomic E-state index is 12.2. The van der Waals surface area contributed by atoms with Crippen molar-refractivity contribution in [2.45, 2.75) is 12.7 Å². The van der Waals surface area contributed by atoms with Crippen LogP contribution in [0.1, 0.15) is 12.6 Å². The molecular weight excluding hydrogens is 266 g/mol. The van der Waals surface area contributed by atoms with Gasteiger partial charge >= 0.3 is 0 Å².